The number of hydrogen-bond acceptors (Lipinski definition) is 2. The number of likely N-dealkylation sites (tertiary alicyclic amines) is 1. The number of nitrogens with zero attached hydrogens (tertiary/aromatic N) is 1. The Morgan fingerprint density at radius 2 is 2.21 bits per heavy atom. The Balaban J connectivity index is 2.08. The SMILES string of the molecule is O=C(O)C1CCCN1C(=O)Cc1ccc(Cl)c(F)c1. The van der Waals surface area contributed by atoms with Gasteiger partial charge in [-0.1, -0.05) is 17.7 Å². The molecule has 1 N–H and O–H groups in total. The van der Waals surface area contributed by atoms with Crippen LogP contribution in [0.3, 0.4) is 0 Å². The topological polar surface area (TPSA) is 57.6 Å². The quantitative estimate of drug-likeness (QED) is 0.925. The Morgan fingerprint density at radius 1 is 1.47 bits per heavy atom. The molecule has 2 rings (SSSR count). The lowest BCUT2D eigenvalue weighted by Gasteiger charge is -2.21. The van der Waals surface area contributed by atoms with E-state index in [2.05, 4.69) is 0 Å². The number of carbonyl (C=O) groups excluding carboxylic acids is 1. The molecule has 1 aromatic rings. The zero-order valence-corrected chi connectivity index (χ0v) is 10.9. The molecule has 19 heavy (non-hydrogen) atoms. The third kappa shape index (κ3) is 3.04. The van der Waals surface area contributed by atoms with Crippen molar-refractivity contribution in [2.24, 2.45) is 0 Å². The average molecular weight is 286 g/mol. The summed E-state index contributed by atoms with van der Waals surface area (Å²) in [4.78, 5) is 24.4. The second-order valence-corrected chi connectivity index (χ2v) is 4.92. The molecule has 1 aliphatic rings. The summed E-state index contributed by atoms with van der Waals surface area (Å²) in [5, 5.41) is 9.01. The van der Waals surface area contributed by atoms with Gasteiger partial charge in [0.05, 0.1) is 11.4 Å². The van der Waals surface area contributed by atoms with Gasteiger partial charge in [0.2, 0.25) is 5.91 Å². The first-order chi connectivity index (χ1) is 8.99. The zero-order chi connectivity index (χ0) is 14.0. The number of rotatable bonds is 3. The minimum atomic E-state index is -0.992. The van der Waals surface area contributed by atoms with Crippen LogP contribution in [0.4, 0.5) is 4.39 Å². The lowest BCUT2D eigenvalue weighted by Crippen LogP contribution is -2.41. The lowest BCUT2D eigenvalue weighted by atomic mass is 10.1. The van der Waals surface area contributed by atoms with Crippen LogP contribution in [0.1, 0.15) is 18.4 Å². The Morgan fingerprint density at radius 3 is 2.84 bits per heavy atom. The average Bonchev–Trinajstić information content (AvgIpc) is 2.83. The largest absolute Gasteiger partial charge is 0.480 e. The summed E-state index contributed by atoms with van der Waals surface area (Å²) in [6.45, 7) is 0.436. The Bertz CT molecular complexity index is 521. The maximum atomic E-state index is 13.3. The molecule has 1 fully saturated rings. The van der Waals surface area contributed by atoms with Crippen LogP contribution in [0.2, 0.25) is 5.02 Å². The number of carboxylic acid groups (broad SMARTS) is 1. The fourth-order valence-electron chi connectivity index (χ4n) is 2.25. The maximum Gasteiger partial charge on any atom is 0.326 e. The van der Waals surface area contributed by atoms with Gasteiger partial charge in [-0.2, -0.15) is 0 Å². The number of amides is 1. The molecule has 0 radical (unpaired) electrons. The molecule has 0 aliphatic carbocycles. The number of aliphatic carboxylic acids is 1. The summed E-state index contributed by atoms with van der Waals surface area (Å²) in [7, 11) is 0. The van der Waals surface area contributed by atoms with Crippen LogP contribution in [0, 0.1) is 5.82 Å². The smallest absolute Gasteiger partial charge is 0.326 e. The van der Waals surface area contributed by atoms with E-state index in [1.165, 1.54) is 17.0 Å². The number of hydrogen-bond donors (Lipinski definition) is 1. The van der Waals surface area contributed by atoms with Crippen LogP contribution in [0.25, 0.3) is 0 Å². The van der Waals surface area contributed by atoms with Crippen LogP contribution < -0.4 is 0 Å². The highest BCUT2D eigenvalue weighted by atomic mass is 35.5. The molecule has 1 aliphatic heterocycles. The number of carbonyl (C=O) groups is 2. The van der Waals surface area contributed by atoms with Crippen LogP contribution in [0.5, 0.6) is 0 Å². The van der Waals surface area contributed by atoms with Crippen LogP contribution in [0.15, 0.2) is 18.2 Å². The zero-order valence-electron chi connectivity index (χ0n) is 10.1. The van der Waals surface area contributed by atoms with Crippen molar-refractivity contribution in [3.05, 3.63) is 34.6 Å². The van der Waals surface area contributed by atoms with Gasteiger partial charge in [0.15, 0.2) is 0 Å². The van der Waals surface area contributed by atoms with Crippen molar-refractivity contribution < 1.29 is 19.1 Å². The second-order valence-electron chi connectivity index (χ2n) is 4.51. The molecule has 102 valence electrons. The Kier molecular flexibility index (Phi) is 4.04. The summed E-state index contributed by atoms with van der Waals surface area (Å²) in [5.74, 6) is -1.87. The minimum absolute atomic E-state index is 0.000726. The van der Waals surface area contributed by atoms with Gasteiger partial charge in [0.25, 0.3) is 0 Å². The molecule has 1 amide bonds. The number of benzene rings is 1. The van der Waals surface area contributed by atoms with Gasteiger partial charge in [-0.15, -0.1) is 0 Å². The molecule has 0 saturated carbocycles. The Hall–Kier alpha value is -1.62. The van der Waals surface area contributed by atoms with Crippen molar-refractivity contribution in [1.82, 2.24) is 4.90 Å². The summed E-state index contributed by atoms with van der Waals surface area (Å²) < 4.78 is 13.3. The van der Waals surface area contributed by atoms with Crippen molar-refractivity contribution in [2.45, 2.75) is 25.3 Å². The molecule has 1 heterocycles. The standard InChI is InChI=1S/C13H13ClFNO3/c14-9-4-3-8(6-10(9)15)7-12(17)16-5-1-2-11(16)13(18)19/h3-4,6,11H,1-2,5,7H2,(H,18,19). The Labute approximate surface area is 114 Å². The van der Waals surface area contributed by atoms with E-state index >= 15 is 0 Å². The third-order valence-electron chi connectivity index (χ3n) is 3.20. The van der Waals surface area contributed by atoms with Crippen molar-refractivity contribution in [1.29, 1.82) is 0 Å². The van der Waals surface area contributed by atoms with Crippen LogP contribution in [-0.4, -0.2) is 34.5 Å². The summed E-state index contributed by atoms with van der Waals surface area (Å²) in [5.41, 5.74) is 0.489. The highest BCUT2D eigenvalue weighted by Gasteiger charge is 2.33. The molecule has 0 bridgehead atoms. The van der Waals surface area contributed by atoms with Crippen molar-refractivity contribution in [3.8, 4) is 0 Å². The fourth-order valence-corrected chi connectivity index (χ4v) is 2.37. The molecule has 6 heteroatoms. The van der Waals surface area contributed by atoms with Crippen LogP contribution in [-0.2, 0) is 16.0 Å². The van der Waals surface area contributed by atoms with Gasteiger partial charge in [0.1, 0.15) is 11.9 Å². The predicted octanol–water partition coefficient (Wildman–Crippen LogP) is 2.10. The first kappa shape index (κ1) is 13.8. The van der Waals surface area contributed by atoms with Gasteiger partial charge >= 0.3 is 5.97 Å². The third-order valence-corrected chi connectivity index (χ3v) is 3.50. The van der Waals surface area contributed by atoms with E-state index in [0.29, 0.717) is 24.9 Å². The molecule has 1 saturated heterocycles. The molecular weight excluding hydrogens is 273 g/mol. The first-order valence-electron chi connectivity index (χ1n) is 5.95. The normalized spacial score (nSPS) is 18.6. The van der Waals surface area contributed by atoms with Crippen molar-refractivity contribution >= 4 is 23.5 Å². The van der Waals surface area contributed by atoms with Gasteiger partial charge in [0, 0.05) is 6.54 Å². The molecule has 1 unspecified atom stereocenters. The summed E-state index contributed by atoms with van der Waals surface area (Å²) in [6, 6.07) is 3.39. The van der Waals surface area contributed by atoms with E-state index in [1.807, 2.05) is 0 Å². The summed E-state index contributed by atoms with van der Waals surface area (Å²) in [6.07, 6.45) is 1.13. The number of halogens is 2. The van der Waals surface area contributed by atoms with Crippen molar-refractivity contribution in [2.75, 3.05) is 6.54 Å². The van der Waals surface area contributed by atoms with Crippen LogP contribution >= 0.6 is 11.6 Å². The van der Waals surface area contributed by atoms with E-state index in [4.69, 9.17) is 16.7 Å². The monoisotopic (exact) mass is 285 g/mol. The molecule has 0 aromatic heterocycles. The molecule has 1 atom stereocenters. The highest BCUT2D eigenvalue weighted by Crippen LogP contribution is 2.20. The molecule has 4 nitrogen and oxygen atoms in total. The number of carboxylic acids is 1. The lowest BCUT2D eigenvalue weighted by molar-refractivity contribution is -0.148. The first-order valence-corrected chi connectivity index (χ1v) is 6.33. The van der Waals surface area contributed by atoms with E-state index in [0.717, 1.165) is 0 Å². The second kappa shape index (κ2) is 5.57. The van der Waals surface area contributed by atoms with E-state index in [-0.39, 0.29) is 17.4 Å². The van der Waals surface area contributed by atoms with E-state index < -0.39 is 17.8 Å². The summed E-state index contributed by atoms with van der Waals surface area (Å²) >= 11 is 5.56. The van der Waals surface area contributed by atoms with Gasteiger partial charge in [-0.3, -0.25) is 4.79 Å². The van der Waals surface area contributed by atoms with Crippen molar-refractivity contribution in [3.63, 3.8) is 0 Å². The minimum Gasteiger partial charge on any atom is -0.480 e. The van der Waals surface area contributed by atoms with E-state index in [9.17, 15) is 14.0 Å². The maximum absolute atomic E-state index is 13.3. The highest BCUT2D eigenvalue weighted by molar-refractivity contribution is 6.30. The molecule has 0 spiro atoms. The molecular formula is C13H13ClFNO3. The van der Waals surface area contributed by atoms with Gasteiger partial charge < -0.3 is 10.0 Å². The van der Waals surface area contributed by atoms with Gasteiger partial charge in [-0.25, -0.2) is 9.18 Å². The van der Waals surface area contributed by atoms with E-state index in [1.54, 1.807) is 6.07 Å². The predicted molar refractivity (Wildman–Crippen MR) is 67.5 cm³/mol. The fraction of sp³-hybridized carbons (Fsp3) is 0.385. The molecule has 1 aromatic carbocycles. The van der Waals surface area contributed by atoms with Gasteiger partial charge in [-0.05, 0) is 30.5 Å².